The van der Waals surface area contributed by atoms with E-state index >= 15 is 0 Å². The largest absolute Gasteiger partial charge is 0.456 e. The van der Waals surface area contributed by atoms with Crippen LogP contribution < -0.4 is 15.5 Å². The minimum Gasteiger partial charge on any atom is -0.456 e. The molecule has 0 spiro atoms. The van der Waals surface area contributed by atoms with Crippen molar-refractivity contribution in [2.45, 2.75) is 13.0 Å². The fourth-order valence-electron chi connectivity index (χ4n) is 4.95. The highest BCUT2D eigenvalue weighted by atomic mass is 19.2. The molecule has 0 bridgehead atoms. The molecule has 0 aliphatic carbocycles. The van der Waals surface area contributed by atoms with Crippen molar-refractivity contribution >= 4 is 38.7 Å². The second-order valence-electron chi connectivity index (χ2n) is 9.07. The number of ether oxygens (including phenoxy) is 1. The summed E-state index contributed by atoms with van der Waals surface area (Å²) >= 11 is 0. The van der Waals surface area contributed by atoms with Crippen molar-refractivity contribution in [1.82, 2.24) is 19.4 Å². The van der Waals surface area contributed by atoms with Crippen LogP contribution in [0, 0.1) is 11.6 Å². The molecule has 7 rings (SSSR count). The van der Waals surface area contributed by atoms with E-state index in [1.54, 1.807) is 24.7 Å². The van der Waals surface area contributed by atoms with Crippen LogP contribution in [0.4, 0.5) is 8.78 Å². The molecule has 3 aromatic heterocycles. The number of hydrogen-bond acceptors (Lipinski definition) is 5. The SMILES string of the molecule is O=C(NCCCn1ccnc1)c1cn2c3c(c(F)c(F)cc3c1=O)Oc1cc3c(cc1-2)oc1ccccc13. The van der Waals surface area contributed by atoms with Gasteiger partial charge in [0.05, 0.1) is 17.4 Å². The van der Waals surface area contributed by atoms with Crippen LogP contribution in [0.1, 0.15) is 16.8 Å². The summed E-state index contributed by atoms with van der Waals surface area (Å²) in [6, 6.07) is 11.6. The van der Waals surface area contributed by atoms with Crippen LogP contribution in [0.5, 0.6) is 11.5 Å². The number of hydrogen-bond donors (Lipinski definition) is 1. The molecule has 1 amide bonds. The number of fused-ring (bicyclic) bond motifs is 5. The molecule has 38 heavy (non-hydrogen) atoms. The first-order chi connectivity index (χ1) is 18.5. The summed E-state index contributed by atoms with van der Waals surface area (Å²) in [5.74, 6) is -3.25. The van der Waals surface area contributed by atoms with Crippen molar-refractivity contribution in [3.05, 3.63) is 94.8 Å². The number of carbonyl (C=O) groups is 1. The molecule has 3 aromatic carbocycles. The number of aryl methyl sites for hydroxylation is 1. The van der Waals surface area contributed by atoms with Gasteiger partial charge in [0.15, 0.2) is 17.3 Å². The van der Waals surface area contributed by atoms with Crippen molar-refractivity contribution < 1.29 is 22.7 Å². The normalized spacial score (nSPS) is 12.2. The molecule has 0 saturated carbocycles. The molecule has 0 atom stereocenters. The van der Waals surface area contributed by atoms with Gasteiger partial charge >= 0.3 is 0 Å². The highest BCUT2D eigenvalue weighted by molar-refractivity contribution is 6.07. The lowest BCUT2D eigenvalue weighted by Crippen LogP contribution is -2.31. The van der Waals surface area contributed by atoms with Gasteiger partial charge in [-0.05, 0) is 24.6 Å². The van der Waals surface area contributed by atoms with E-state index in [2.05, 4.69) is 10.3 Å². The van der Waals surface area contributed by atoms with Crippen LogP contribution in [-0.4, -0.2) is 26.6 Å². The zero-order valence-electron chi connectivity index (χ0n) is 19.7. The number of aromatic nitrogens is 3. The van der Waals surface area contributed by atoms with E-state index in [4.69, 9.17) is 9.15 Å². The van der Waals surface area contributed by atoms with E-state index in [-0.39, 0.29) is 22.2 Å². The standard InChI is InChI=1S/C28H18F2N4O4/c29-19-10-17-25-27(24(19)30)38-23-11-16-15-4-1-2-5-21(15)37-22(16)12-20(23)34(25)13-18(26(17)35)28(36)32-6-3-8-33-9-7-31-14-33/h1-2,4-5,7,9-14H,3,6,8H2,(H,32,36). The Morgan fingerprint density at radius 2 is 1.92 bits per heavy atom. The molecule has 0 fully saturated rings. The number of para-hydroxylation sites is 1. The molecular formula is C28H18F2N4O4. The van der Waals surface area contributed by atoms with Crippen molar-refractivity contribution in [1.29, 1.82) is 0 Å². The van der Waals surface area contributed by atoms with Crippen molar-refractivity contribution in [3.63, 3.8) is 0 Å². The molecule has 0 unspecified atom stereocenters. The zero-order chi connectivity index (χ0) is 26.0. The lowest BCUT2D eigenvalue weighted by atomic mass is 10.1. The van der Waals surface area contributed by atoms with Gasteiger partial charge in [0.2, 0.25) is 11.2 Å². The third kappa shape index (κ3) is 3.30. The number of nitrogens with zero attached hydrogens (tertiary/aromatic N) is 3. The van der Waals surface area contributed by atoms with Crippen molar-refractivity contribution in [2.24, 2.45) is 0 Å². The maximum absolute atomic E-state index is 14.9. The van der Waals surface area contributed by atoms with Gasteiger partial charge in [-0.3, -0.25) is 9.59 Å². The topological polar surface area (TPSA) is 91.3 Å². The van der Waals surface area contributed by atoms with Crippen LogP contribution in [0.25, 0.3) is 38.5 Å². The van der Waals surface area contributed by atoms with Crippen molar-refractivity contribution in [2.75, 3.05) is 6.54 Å². The fourth-order valence-corrected chi connectivity index (χ4v) is 4.95. The Balaban J connectivity index is 1.36. The van der Waals surface area contributed by atoms with Crippen LogP contribution in [-0.2, 0) is 6.54 Å². The summed E-state index contributed by atoms with van der Waals surface area (Å²) in [5, 5.41) is 4.14. The van der Waals surface area contributed by atoms with Gasteiger partial charge in [-0.25, -0.2) is 9.37 Å². The fraction of sp³-hybridized carbons (Fsp3) is 0.107. The second-order valence-corrected chi connectivity index (χ2v) is 9.07. The number of halogens is 2. The van der Waals surface area contributed by atoms with Gasteiger partial charge in [0, 0.05) is 48.5 Å². The number of rotatable bonds is 5. The molecule has 0 radical (unpaired) electrons. The number of imidazole rings is 1. The molecule has 10 heteroatoms. The zero-order valence-corrected chi connectivity index (χ0v) is 19.7. The molecular weight excluding hydrogens is 494 g/mol. The molecule has 0 saturated heterocycles. The number of carbonyl (C=O) groups excluding carboxylic acids is 1. The number of benzene rings is 3. The van der Waals surface area contributed by atoms with Gasteiger partial charge in [-0.1, -0.05) is 18.2 Å². The van der Waals surface area contributed by atoms with E-state index in [1.807, 2.05) is 35.0 Å². The summed E-state index contributed by atoms with van der Waals surface area (Å²) in [6.07, 6.45) is 7.09. The highest BCUT2D eigenvalue weighted by Crippen LogP contribution is 2.44. The first-order valence-corrected chi connectivity index (χ1v) is 11.9. The van der Waals surface area contributed by atoms with E-state index in [0.717, 1.165) is 16.8 Å². The third-order valence-electron chi connectivity index (χ3n) is 6.75. The molecule has 188 valence electrons. The molecule has 1 aliphatic rings. The number of nitrogens with one attached hydrogen (secondary N) is 1. The van der Waals surface area contributed by atoms with E-state index in [9.17, 15) is 18.4 Å². The number of amides is 1. The van der Waals surface area contributed by atoms with Crippen LogP contribution >= 0.6 is 0 Å². The van der Waals surface area contributed by atoms with E-state index in [1.165, 1.54) is 10.8 Å². The predicted molar refractivity (Wildman–Crippen MR) is 136 cm³/mol. The number of furan rings is 1. The summed E-state index contributed by atoms with van der Waals surface area (Å²) in [7, 11) is 0. The van der Waals surface area contributed by atoms with Crippen LogP contribution in [0.3, 0.4) is 0 Å². The Labute approximate surface area is 212 Å². The summed E-state index contributed by atoms with van der Waals surface area (Å²) in [5.41, 5.74) is 0.732. The van der Waals surface area contributed by atoms with Gasteiger partial charge in [-0.2, -0.15) is 4.39 Å². The highest BCUT2D eigenvalue weighted by Gasteiger charge is 2.29. The Hall–Kier alpha value is -4.99. The molecule has 4 heterocycles. The van der Waals surface area contributed by atoms with Gasteiger partial charge in [0.1, 0.15) is 22.2 Å². The quantitative estimate of drug-likeness (QED) is 0.317. The van der Waals surface area contributed by atoms with Gasteiger partial charge in [-0.15, -0.1) is 0 Å². The van der Waals surface area contributed by atoms with Crippen LogP contribution in [0.2, 0.25) is 0 Å². The maximum Gasteiger partial charge on any atom is 0.256 e. The lowest BCUT2D eigenvalue weighted by Gasteiger charge is -2.24. The summed E-state index contributed by atoms with van der Waals surface area (Å²) in [6.45, 7) is 0.936. The Morgan fingerprint density at radius 3 is 2.76 bits per heavy atom. The van der Waals surface area contributed by atoms with Gasteiger partial charge < -0.3 is 23.6 Å². The van der Waals surface area contributed by atoms with Crippen LogP contribution in [0.15, 0.2) is 76.6 Å². The van der Waals surface area contributed by atoms with Gasteiger partial charge in [0.25, 0.3) is 5.91 Å². The van der Waals surface area contributed by atoms with E-state index in [0.29, 0.717) is 36.4 Å². The maximum atomic E-state index is 14.9. The van der Waals surface area contributed by atoms with Crippen molar-refractivity contribution in [3.8, 4) is 17.2 Å². The average molecular weight is 512 g/mol. The average Bonchev–Trinajstić information content (AvgIpc) is 3.57. The predicted octanol–water partition coefficient (Wildman–Crippen LogP) is 5.29. The minimum absolute atomic E-state index is 0.0357. The van der Waals surface area contributed by atoms with E-state index < -0.39 is 28.7 Å². The molecule has 8 nitrogen and oxygen atoms in total. The first-order valence-electron chi connectivity index (χ1n) is 11.9. The summed E-state index contributed by atoms with van der Waals surface area (Å²) in [4.78, 5) is 30.3. The lowest BCUT2D eigenvalue weighted by molar-refractivity contribution is 0.0951. The minimum atomic E-state index is -1.24. The Bertz CT molecular complexity index is 1980. The smallest absolute Gasteiger partial charge is 0.256 e. The molecule has 1 aliphatic heterocycles. The molecule has 6 aromatic rings. The molecule has 1 N–H and O–H groups in total. The second kappa shape index (κ2) is 8.27. The first kappa shape index (κ1) is 22.2. The Kier molecular flexibility index (Phi) is 4.84. The number of pyridine rings is 1. The summed E-state index contributed by atoms with van der Waals surface area (Å²) < 4.78 is 44.7. The Morgan fingerprint density at radius 1 is 1.05 bits per heavy atom. The third-order valence-corrected chi connectivity index (χ3v) is 6.75. The monoisotopic (exact) mass is 512 g/mol.